The van der Waals surface area contributed by atoms with E-state index in [4.69, 9.17) is 5.73 Å². The third-order valence-corrected chi connectivity index (χ3v) is 5.82. The monoisotopic (exact) mass is 336 g/mol. The van der Waals surface area contributed by atoms with E-state index in [9.17, 15) is 14.4 Å². The van der Waals surface area contributed by atoms with E-state index in [1.807, 2.05) is 0 Å². The molecule has 3 fully saturated rings. The number of piperidine rings is 1. The third kappa shape index (κ3) is 3.01. The van der Waals surface area contributed by atoms with Crippen LogP contribution in [0.4, 0.5) is 4.79 Å². The highest BCUT2D eigenvalue weighted by Gasteiger charge is 2.52. The second-order valence-electron chi connectivity index (χ2n) is 7.57. The molecule has 7 heteroatoms. The van der Waals surface area contributed by atoms with Crippen molar-refractivity contribution < 1.29 is 14.4 Å². The van der Waals surface area contributed by atoms with Crippen molar-refractivity contribution in [2.24, 2.45) is 11.7 Å². The molecule has 2 saturated heterocycles. The second kappa shape index (κ2) is 6.70. The maximum Gasteiger partial charge on any atom is 0.325 e. The molecule has 0 aromatic carbocycles. The standard InChI is InChI=1S/C17H28N4O3/c1-12-5-8-20(13(9-12)10-18)14(22)11-21-15(23)17(19-16(21)24)6-3-2-4-7-17/h12-13H,2-11,18H2,1H3,(H,19,24). The summed E-state index contributed by atoms with van der Waals surface area (Å²) in [6, 6.07) is -0.421. The van der Waals surface area contributed by atoms with Crippen molar-refractivity contribution in [1.29, 1.82) is 0 Å². The highest BCUT2D eigenvalue weighted by atomic mass is 16.2. The number of likely N-dealkylation sites (tertiary alicyclic amines) is 1. The molecule has 1 saturated carbocycles. The van der Waals surface area contributed by atoms with E-state index in [1.165, 1.54) is 0 Å². The van der Waals surface area contributed by atoms with Gasteiger partial charge in [-0.25, -0.2) is 4.79 Å². The van der Waals surface area contributed by atoms with Crippen LogP contribution in [0.2, 0.25) is 0 Å². The van der Waals surface area contributed by atoms with Gasteiger partial charge < -0.3 is 16.0 Å². The smallest absolute Gasteiger partial charge is 0.325 e. The van der Waals surface area contributed by atoms with Gasteiger partial charge in [-0.2, -0.15) is 0 Å². The number of nitrogens with two attached hydrogens (primary N) is 1. The molecule has 0 radical (unpaired) electrons. The summed E-state index contributed by atoms with van der Waals surface area (Å²) in [5.41, 5.74) is 5.05. The lowest BCUT2D eigenvalue weighted by molar-refractivity contribution is -0.141. The van der Waals surface area contributed by atoms with Gasteiger partial charge in [-0.05, 0) is 31.6 Å². The molecule has 3 rings (SSSR count). The Hall–Kier alpha value is -1.63. The minimum Gasteiger partial charge on any atom is -0.337 e. The fourth-order valence-electron chi connectivity index (χ4n) is 4.34. The molecule has 4 amide bonds. The number of amides is 4. The fourth-order valence-corrected chi connectivity index (χ4v) is 4.34. The van der Waals surface area contributed by atoms with Gasteiger partial charge in [0.25, 0.3) is 5.91 Å². The van der Waals surface area contributed by atoms with E-state index < -0.39 is 11.6 Å². The molecular weight excluding hydrogens is 308 g/mol. The first-order chi connectivity index (χ1) is 11.5. The molecule has 2 heterocycles. The molecule has 7 nitrogen and oxygen atoms in total. The van der Waals surface area contributed by atoms with E-state index in [-0.39, 0.29) is 24.4 Å². The maximum absolute atomic E-state index is 12.8. The second-order valence-corrected chi connectivity index (χ2v) is 7.57. The number of nitrogens with zero attached hydrogens (tertiary/aromatic N) is 2. The third-order valence-electron chi connectivity index (χ3n) is 5.82. The van der Waals surface area contributed by atoms with Gasteiger partial charge >= 0.3 is 6.03 Å². The number of rotatable bonds is 3. The Kier molecular flexibility index (Phi) is 4.80. The normalized spacial score (nSPS) is 29.9. The molecule has 0 aromatic rings. The Bertz CT molecular complexity index is 530. The molecule has 2 atom stereocenters. The Morgan fingerprint density at radius 2 is 2.00 bits per heavy atom. The van der Waals surface area contributed by atoms with Crippen LogP contribution in [-0.4, -0.2) is 58.9 Å². The minimum atomic E-state index is -0.765. The molecule has 3 N–H and O–H groups in total. The van der Waals surface area contributed by atoms with Crippen LogP contribution in [0.15, 0.2) is 0 Å². The summed E-state index contributed by atoms with van der Waals surface area (Å²) in [5, 5.41) is 2.85. The predicted octanol–water partition coefficient (Wildman–Crippen LogP) is 0.827. The molecule has 1 aliphatic carbocycles. The van der Waals surface area contributed by atoms with Crippen LogP contribution in [0.5, 0.6) is 0 Å². The lowest BCUT2D eigenvalue weighted by Crippen LogP contribution is -2.53. The molecule has 134 valence electrons. The number of hydrogen-bond donors (Lipinski definition) is 2. The summed E-state index contributed by atoms with van der Waals surface area (Å²) in [6.07, 6.45) is 6.14. The van der Waals surface area contributed by atoms with Crippen LogP contribution >= 0.6 is 0 Å². The first-order valence-electron chi connectivity index (χ1n) is 9.10. The molecule has 3 aliphatic rings. The predicted molar refractivity (Wildman–Crippen MR) is 89.0 cm³/mol. The van der Waals surface area contributed by atoms with Crippen molar-refractivity contribution in [1.82, 2.24) is 15.1 Å². The molecule has 24 heavy (non-hydrogen) atoms. The van der Waals surface area contributed by atoms with Crippen molar-refractivity contribution >= 4 is 17.8 Å². The molecule has 0 bridgehead atoms. The zero-order chi connectivity index (χ0) is 17.3. The van der Waals surface area contributed by atoms with Gasteiger partial charge in [0.2, 0.25) is 5.91 Å². The van der Waals surface area contributed by atoms with Crippen LogP contribution in [0.1, 0.15) is 51.9 Å². The minimum absolute atomic E-state index is 0.00524. The highest BCUT2D eigenvalue weighted by Crippen LogP contribution is 2.33. The topological polar surface area (TPSA) is 95.7 Å². The highest BCUT2D eigenvalue weighted by molar-refractivity contribution is 6.09. The lowest BCUT2D eigenvalue weighted by Gasteiger charge is -2.38. The van der Waals surface area contributed by atoms with Crippen molar-refractivity contribution in [2.75, 3.05) is 19.6 Å². The molecule has 2 unspecified atom stereocenters. The Labute approximate surface area is 142 Å². The fraction of sp³-hybridized carbons (Fsp3) is 0.824. The number of hydrogen-bond acceptors (Lipinski definition) is 4. The first kappa shape index (κ1) is 17.2. The Morgan fingerprint density at radius 1 is 1.29 bits per heavy atom. The van der Waals surface area contributed by atoms with Crippen LogP contribution in [0.25, 0.3) is 0 Å². The van der Waals surface area contributed by atoms with Crippen molar-refractivity contribution in [2.45, 2.75) is 63.5 Å². The van der Waals surface area contributed by atoms with Gasteiger partial charge in [0, 0.05) is 19.1 Å². The van der Waals surface area contributed by atoms with Crippen molar-refractivity contribution in [3.63, 3.8) is 0 Å². The number of nitrogens with one attached hydrogen (secondary N) is 1. The van der Waals surface area contributed by atoms with Gasteiger partial charge in [-0.1, -0.05) is 26.2 Å². The molecule has 1 spiro atoms. The zero-order valence-electron chi connectivity index (χ0n) is 14.4. The SMILES string of the molecule is CC1CCN(C(=O)CN2C(=O)NC3(CCCCC3)C2=O)C(CN)C1. The summed E-state index contributed by atoms with van der Waals surface area (Å²) < 4.78 is 0. The Morgan fingerprint density at radius 3 is 2.67 bits per heavy atom. The summed E-state index contributed by atoms with van der Waals surface area (Å²) in [7, 11) is 0. The average molecular weight is 336 g/mol. The van der Waals surface area contributed by atoms with Crippen LogP contribution in [-0.2, 0) is 9.59 Å². The average Bonchev–Trinajstić information content (AvgIpc) is 2.79. The zero-order valence-corrected chi connectivity index (χ0v) is 14.4. The van der Waals surface area contributed by atoms with Gasteiger partial charge in [-0.3, -0.25) is 14.5 Å². The largest absolute Gasteiger partial charge is 0.337 e. The summed E-state index contributed by atoms with van der Waals surface area (Å²) in [4.78, 5) is 40.6. The van der Waals surface area contributed by atoms with Gasteiger partial charge in [0.05, 0.1) is 0 Å². The quantitative estimate of drug-likeness (QED) is 0.746. The van der Waals surface area contributed by atoms with E-state index >= 15 is 0 Å². The number of carbonyl (C=O) groups is 3. The van der Waals surface area contributed by atoms with Crippen molar-refractivity contribution in [3.8, 4) is 0 Å². The molecular formula is C17H28N4O3. The van der Waals surface area contributed by atoms with Crippen LogP contribution < -0.4 is 11.1 Å². The molecule has 2 aliphatic heterocycles. The van der Waals surface area contributed by atoms with Crippen molar-refractivity contribution in [3.05, 3.63) is 0 Å². The van der Waals surface area contributed by atoms with E-state index in [2.05, 4.69) is 12.2 Å². The van der Waals surface area contributed by atoms with Crippen LogP contribution in [0, 0.1) is 5.92 Å². The van der Waals surface area contributed by atoms with Gasteiger partial charge in [0.15, 0.2) is 0 Å². The summed E-state index contributed by atoms with van der Waals surface area (Å²) in [6.45, 7) is 3.06. The summed E-state index contributed by atoms with van der Waals surface area (Å²) >= 11 is 0. The molecule has 0 aromatic heterocycles. The maximum atomic E-state index is 12.8. The Balaban J connectivity index is 1.67. The van der Waals surface area contributed by atoms with Crippen LogP contribution in [0.3, 0.4) is 0 Å². The number of carbonyl (C=O) groups excluding carboxylic acids is 3. The first-order valence-corrected chi connectivity index (χ1v) is 9.10. The van der Waals surface area contributed by atoms with Gasteiger partial charge in [-0.15, -0.1) is 0 Å². The van der Waals surface area contributed by atoms with E-state index in [0.29, 0.717) is 31.8 Å². The number of urea groups is 1. The van der Waals surface area contributed by atoms with Gasteiger partial charge in [0.1, 0.15) is 12.1 Å². The summed E-state index contributed by atoms with van der Waals surface area (Å²) in [5.74, 6) is 0.147. The van der Waals surface area contributed by atoms with E-state index in [0.717, 1.165) is 37.0 Å². The lowest BCUT2D eigenvalue weighted by atomic mass is 9.82. The number of imide groups is 1. The van der Waals surface area contributed by atoms with E-state index in [1.54, 1.807) is 4.90 Å².